The Balaban J connectivity index is 2.47. The molecule has 0 aromatic heterocycles. The fourth-order valence-electron chi connectivity index (χ4n) is 1.13. The number of para-hydroxylation sites is 1. The maximum Gasteiger partial charge on any atom is 0.0625 e. The molecule has 0 amide bonds. The number of rotatable bonds is 4. The van der Waals surface area contributed by atoms with Crippen LogP contribution in [0.25, 0.3) is 0 Å². The van der Waals surface area contributed by atoms with Gasteiger partial charge in [-0.2, -0.15) is 5.26 Å². The fraction of sp³-hybridized carbons (Fsp3) is 0.250. The molecule has 0 aliphatic heterocycles. The smallest absolute Gasteiger partial charge is 0.0625 e. The summed E-state index contributed by atoms with van der Waals surface area (Å²) in [5.74, 6) is 0. The van der Waals surface area contributed by atoms with Crippen LogP contribution in [-0.2, 0) is 0 Å². The molecule has 72 valence electrons. The first kappa shape index (κ1) is 10.3. The van der Waals surface area contributed by atoms with Crippen molar-refractivity contribution >= 4 is 5.69 Å². The third-order valence-electron chi connectivity index (χ3n) is 1.92. The molecule has 0 N–H and O–H groups in total. The zero-order valence-corrected chi connectivity index (χ0v) is 8.35. The third-order valence-corrected chi connectivity index (χ3v) is 1.92. The van der Waals surface area contributed by atoms with Gasteiger partial charge < -0.3 is 4.90 Å². The number of benzene rings is 1. The molecule has 14 heavy (non-hydrogen) atoms. The highest BCUT2D eigenvalue weighted by molar-refractivity contribution is 5.47. The van der Waals surface area contributed by atoms with E-state index >= 15 is 0 Å². The van der Waals surface area contributed by atoms with Gasteiger partial charge in [0.2, 0.25) is 0 Å². The SMILES string of the molecule is CN(C=CCCC#N)c1ccccc1. The van der Waals surface area contributed by atoms with E-state index in [2.05, 4.69) is 18.2 Å². The van der Waals surface area contributed by atoms with Gasteiger partial charge in [-0.05, 0) is 24.8 Å². The Morgan fingerprint density at radius 1 is 1.36 bits per heavy atom. The summed E-state index contributed by atoms with van der Waals surface area (Å²) in [6.07, 6.45) is 5.40. The summed E-state index contributed by atoms with van der Waals surface area (Å²) in [5, 5.41) is 8.35. The molecule has 0 radical (unpaired) electrons. The summed E-state index contributed by atoms with van der Waals surface area (Å²) in [6.45, 7) is 0. The molecule has 0 atom stereocenters. The molecular formula is C12H14N2. The lowest BCUT2D eigenvalue weighted by molar-refractivity contribution is 1.05. The van der Waals surface area contributed by atoms with Gasteiger partial charge in [0.25, 0.3) is 0 Å². The van der Waals surface area contributed by atoms with Crippen molar-refractivity contribution in [2.24, 2.45) is 0 Å². The molecule has 1 aromatic carbocycles. The van der Waals surface area contributed by atoms with E-state index in [4.69, 9.17) is 5.26 Å². The second kappa shape index (κ2) is 5.82. The van der Waals surface area contributed by atoms with Crippen molar-refractivity contribution in [2.45, 2.75) is 12.8 Å². The predicted molar refractivity (Wildman–Crippen MR) is 58.8 cm³/mol. The van der Waals surface area contributed by atoms with Crippen LogP contribution >= 0.6 is 0 Å². The lowest BCUT2D eigenvalue weighted by Crippen LogP contribution is -2.06. The molecule has 0 aliphatic rings. The number of hydrogen-bond donors (Lipinski definition) is 0. The molecule has 0 fully saturated rings. The van der Waals surface area contributed by atoms with E-state index in [0.29, 0.717) is 6.42 Å². The molecule has 0 bridgehead atoms. The highest BCUT2D eigenvalue weighted by Gasteiger charge is 1.92. The van der Waals surface area contributed by atoms with Crippen LogP contribution in [0.3, 0.4) is 0 Å². The van der Waals surface area contributed by atoms with Crippen LogP contribution in [0.5, 0.6) is 0 Å². The van der Waals surface area contributed by atoms with Gasteiger partial charge in [-0.15, -0.1) is 0 Å². The van der Waals surface area contributed by atoms with Crippen LogP contribution in [0.4, 0.5) is 5.69 Å². The van der Waals surface area contributed by atoms with E-state index < -0.39 is 0 Å². The van der Waals surface area contributed by atoms with E-state index in [1.165, 1.54) is 0 Å². The van der Waals surface area contributed by atoms with Crippen LogP contribution in [0, 0.1) is 11.3 Å². The van der Waals surface area contributed by atoms with Crippen molar-refractivity contribution in [1.82, 2.24) is 0 Å². The highest BCUT2D eigenvalue weighted by Crippen LogP contribution is 2.11. The topological polar surface area (TPSA) is 27.0 Å². The average molecular weight is 186 g/mol. The molecular weight excluding hydrogens is 172 g/mol. The summed E-state index contributed by atoms with van der Waals surface area (Å²) in [6, 6.07) is 12.2. The normalized spacial score (nSPS) is 10.0. The van der Waals surface area contributed by atoms with Crippen molar-refractivity contribution in [3.8, 4) is 6.07 Å². The van der Waals surface area contributed by atoms with Crippen LogP contribution < -0.4 is 4.90 Å². The van der Waals surface area contributed by atoms with Gasteiger partial charge in [0.15, 0.2) is 0 Å². The molecule has 1 aromatic rings. The lowest BCUT2D eigenvalue weighted by atomic mass is 10.3. The molecule has 0 unspecified atom stereocenters. The Bertz CT molecular complexity index is 322. The monoisotopic (exact) mass is 186 g/mol. The minimum Gasteiger partial charge on any atom is -0.351 e. The summed E-state index contributed by atoms with van der Waals surface area (Å²) in [5.41, 5.74) is 1.15. The number of unbranched alkanes of at least 4 members (excludes halogenated alkanes) is 1. The standard InChI is InChI=1S/C12H14N2/c1-14(11-7-3-6-10-13)12-8-4-2-5-9-12/h2,4-5,7-9,11H,3,6H2,1H3. The van der Waals surface area contributed by atoms with Gasteiger partial charge >= 0.3 is 0 Å². The Morgan fingerprint density at radius 3 is 2.71 bits per heavy atom. The molecule has 0 aliphatic carbocycles. The maximum absolute atomic E-state index is 8.35. The Hall–Kier alpha value is -1.75. The van der Waals surface area contributed by atoms with E-state index in [-0.39, 0.29) is 0 Å². The average Bonchev–Trinajstić information content (AvgIpc) is 2.25. The van der Waals surface area contributed by atoms with E-state index in [9.17, 15) is 0 Å². The predicted octanol–water partition coefficient (Wildman–Crippen LogP) is 2.94. The summed E-state index contributed by atoms with van der Waals surface area (Å²) in [4.78, 5) is 2.04. The molecule has 2 nitrogen and oxygen atoms in total. The maximum atomic E-state index is 8.35. The Kier molecular flexibility index (Phi) is 4.30. The van der Waals surface area contributed by atoms with Gasteiger partial charge in [-0.25, -0.2) is 0 Å². The number of anilines is 1. The van der Waals surface area contributed by atoms with Gasteiger partial charge in [-0.1, -0.05) is 24.3 Å². The van der Waals surface area contributed by atoms with Gasteiger partial charge in [0.05, 0.1) is 6.07 Å². The second-order valence-corrected chi connectivity index (χ2v) is 3.03. The molecule has 1 rings (SSSR count). The summed E-state index contributed by atoms with van der Waals surface area (Å²) >= 11 is 0. The second-order valence-electron chi connectivity index (χ2n) is 3.03. The largest absolute Gasteiger partial charge is 0.351 e. The van der Waals surface area contributed by atoms with Crippen LogP contribution in [-0.4, -0.2) is 7.05 Å². The fourth-order valence-corrected chi connectivity index (χ4v) is 1.13. The molecule has 0 heterocycles. The van der Waals surface area contributed by atoms with Gasteiger partial charge in [0.1, 0.15) is 0 Å². The molecule has 0 spiro atoms. The van der Waals surface area contributed by atoms with Gasteiger partial charge in [-0.3, -0.25) is 0 Å². The Morgan fingerprint density at radius 2 is 2.07 bits per heavy atom. The van der Waals surface area contributed by atoms with Gasteiger partial charge in [0, 0.05) is 19.2 Å². The molecule has 0 saturated carbocycles. The first-order chi connectivity index (χ1) is 6.84. The molecule has 0 saturated heterocycles. The number of allylic oxidation sites excluding steroid dienone is 1. The van der Waals surface area contributed by atoms with Crippen molar-refractivity contribution in [3.05, 3.63) is 42.6 Å². The van der Waals surface area contributed by atoms with E-state index in [1.807, 2.05) is 42.4 Å². The quantitative estimate of drug-likeness (QED) is 0.676. The summed E-state index contributed by atoms with van der Waals surface area (Å²) < 4.78 is 0. The van der Waals surface area contributed by atoms with Crippen molar-refractivity contribution in [3.63, 3.8) is 0 Å². The minimum absolute atomic E-state index is 0.582. The number of hydrogen-bond acceptors (Lipinski definition) is 2. The zero-order valence-electron chi connectivity index (χ0n) is 8.35. The van der Waals surface area contributed by atoms with Crippen LogP contribution in [0.15, 0.2) is 42.6 Å². The Labute approximate surface area is 85.1 Å². The highest BCUT2D eigenvalue weighted by atomic mass is 15.1. The van der Waals surface area contributed by atoms with Crippen LogP contribution in [0.1, 0.15) is 12.8 Å². The van der Waals surface area contributed by atoms with Crippen molar-refractivity contribution < 1.29 is 0 Å². The first-order valence-electron chi connectivity index (χ1n) is 4.66. The molecule has 2 heteroatoms. The number of nitrogens with zero attached hydrogens (tertiary/aromatic N) is 2. The minimum atomic E-state index is 0.582. The zero-order chi connectivity index (χ0) is 10.2. The third kappa shape index (κ3) is 3.32. The first-order valence-corrected chi connectivity index (χ1v) is 4.66. The van der Waals surface area contributed by atoms with Crippen LogP contribution in [0.2, 0.25) is 0 Å². The van der Waals surface area contributed by atoms with E-state index in [1.54, 1.807) is 0 Å². The van der Waals surface area contributed by atoms with E-state index in [0.717, 1.165) is 12.1 Å². The van der Waals surface area contributed by atoms with Crippen molar-refractivity contribution in [1.29, 1.82) is 5.26 Å². The lowest BCUT2D eigenvalue weighted by Gasteiger charge is -2.13. The van der Waals surface area contributed by atoms with Crippen molar-refractivity contribution in [2.75, 3.05) is 11.9 Å². The summed E-state index contributed by atoms with van der Waals surface area (Å²) in [7, 11) is 2.00. The number of nitriles is 1.